The molecule has 0 atom stereocenters. The van der Waals surface area contributed by atoms with Gasteiger partial charge >= 0.3 is 0 Å². The number of nitrogens with one attached hydrogen (secondary N) is 1. The highest BCUT2D eigenvalue weighted by Gasteiger charge is 2.18. The molecule has 0 fully saturated rings. The van der Waals surface area contributed by atoms with Gasteiger partial charge in [0, 0.05) is 10.5 Å². The number of rotatable bonds is 4. The summed E-state index contributed by atoms with van der Waals surface area (Å²) in [5, 5.41) is 0. The lowest BCUT2D eigenvalue weighted by Crippen LogP contribution is -2.15. The van der Waals surface area contributed by atoms with Crippen LogP contribution in [0.2, 0.25) is 0 Å². The monoisotopic (exact) mass is 356 g/mol. The van der Waals surface area contributed by atoms with Crippen LogP contribution in [-0.4, -0.2) is 15.5 Å². The number of para-hydroxylation sites is 1. The van der Waals surface area contributed by atoms with Gasteiger partial charge in [0.2, 0.25) is 0 Å². The molecule has 0 amide bonds. The van der Waals surface area contributed by atoms with Gasteiger partial charge in [0.25, 0.3) is 10.0 Å². The number of nitrogen functional groups attached to an aromatic ring is 1. The fourth-order valence-electron chi connectivity index (χ4n) is 1.64. The molecule has 0 bridgehead atoms. The molecule has 5 nitrogen and oxygen atoms in total. The SMILES string of the molecule is COc1ccc(S(=O)(=O)Nc2ccccc2Br)c(N)c1. The third kappa shape index (κ3) is 3.05. The van der Waals surface area contributed by atoms with Crippen LogP contribution in [-0.2, 0) is 10.0 Å². The van der Waals surface area contributed by atoms with Crippen molar-refractivity contribution in [2.75, 3.05) is 17.6 Å². The molecule has 0 heterocycles. The second kappa shape index (κ2) is 5.72. The number of hydrogen-bond donors (Lipinski definition) is 2. The van der Waals surface area contributed by atoms with Crippen molar-refractivity contribution in [1.29, 1.82) is 0 Å². The van der Waals surface area contributed by atoms with E-state index in [9.17, 15) is 8.42 Å². The molecule has 2 rings (SSSR count). The van der Waals surface area contributed by atoms with E-state index in [2.05, 4.69) is 20.7 Å². The van der Waals surface area contributed by atoms with E-state index >= 15 is 0 Å². The quantitative estimate of drug-likeness (QED) is 0.825. The number of halogens is 1. The van der Waals surface area contributed by atoms with Crippen molar-refractivity contribution in [3.63, 3.8) is 0 Å². The summed E-state index contributed by atoms with van der Waals surface area (Å²) in [4.78, 5) is 0.00838. The molecule has 106 valence electrons. The van der Waals surface area contributed by atoms with Crippen LogP contribution in [0.3, 0.4) is 0 Å². The van der Waals surface area contributed by atoms with E-state index in [0.29, 0.717) is 15.9 Å². The average molecular weight is 357 g/mol. The van der Waals surface area contributed by atoms with Crippen molar-refractivity contribution in [2.45, 2.75) is 4.90 Å². The molecule has 0 saturated carbocycles. The number of anilines is 2. The third-order valence-electron chi connectivity index (χ3n) is 2.62. The van der Waals surface area contributed by atoms with Crippen LogP contribution in [0.15, 0.2) is 51.8 Å². The van der Waals surface area contributed by atoms with E-state index in [0.717, 1.165) is 0 Å². The highest BCUT2D eigenvalue weighted by molar-refractivity contribution is 9.10. The van der Waals surface area contributed by atoms with Crippen molar-refractivity contribution in [3.8, 4) is 5.75 Å². The molecule has 2 aromatic carbocycles. The minimum atomic E-state index is -3.75. The fourth-order valence-corrected chi connectivity index (χ4v) is 3.35. The summed E-state index contributed by atoms with van der Waals surface area (Å²) in [6.07, 6.45) is 0. The number of methoxy groups -OCH3 is 1. The molecule has 0 aromatic heterocycles. The predicted octanol–water partition coefficient (Wildman–Crippen LogP) is 2.84. The van der Waals surface area contributed by atoms with Crippen LogP contribution in [0.5, 0.6) is 5.75 Å². The Balaban J connectivity index is 2.39. The zero-order valence-electron chi connectivity index (χ0n) is 10.6. The van der Waals surface area contributed by atoms with Crippen LogP contribution >= 0.6 is 15.9 Å². The van der Waals surface area contributed by atoms with Gasteiger partial charge in [-0.15, -0.1) is 0 Å². The second-order valence-electron chi connectivity index (χ2n) is 3.99. The van der Waals surface area contributed by atoms with Gasteiger partial charge in [-0.2, -0.15) is 0 Å². The van der Waals surface area contributed by atoms with Crippen molar-refractivity contribution >= 4 is 37.3 Å². The molecule has 0 aliphatic rings. The van der Waals surface area contributed by atoms with E-state index in [-0.39, 0.29) is 10.6 Å². The first-order valence-electron chi connectivity index (χ1n) is 5.65. The highest BCUT2D eigenvalue weighted by atomic mass is 79.9. The maximum Gasteiger partial charge on any atom is 0.263 e. The summed E-state index contributed by atoms with van der Waals surface area (Å²) >= 11 is 3.28. The van der Waals surface area contributed by atoms with Crippen LogP contribution in [0.1, 0.15) is 0 Å². The first kappa shape index (κ1) is 14.7. The van der Waals surface area contributed by atoms with Gasteiger partial charge < -0.3 is 10.5 Å². The highest BCUT2D eigenvalue weighted by Crippen LogP contribution is 2.28. The number of nitrogens with two attached hydrogens (primary N) is 1. The van der Waals surface area contributed by atoms with E-state index in [1.54, 1.807) is 30.3 Å². The van der Waals surface area contributed by atoms with E-state index in [1.807, 2.05) is 0 Å². The molecular formula is C13H13BrN2O3S. The van der Waals surface area contributed by atoms with Gasteiger partial charge in [0.1, 0.15) is 10.6 Å². The molecule has 0 aliphatic heterocycles. The molecular weight excluding hydrogens is 344 g/mol. The lowest BCUT2D eigenvalue weighted by molar-refractivity contribution is 0.414. The molecule has 7 heteroatoms. The summed E-state index contributed by atoms with van der Waals surface area (Å²) in [5.41, 5.74) is 6.34. The molecule has 0 spiro atoms. The fraction of sp³-hybridized carbons (Fsp3) is 0.0769. The molecule has 3 N–H and O–H groups in total. The van der Waals surface area contributed by atoms with Crippen LogP contribution in [0.4, 0.5) is 11.4 Å². The average Bonchev–Trinajstić information content (AvgIpc) is 2.40. The summed E-state index contributed by atoms with van der Waals surface area (Å²) in [5.74, 6) is 0.502. The Labute approximate surface area is 125 Å². The van der Waals surface area contributed by atoms with Crippen molar-refractivity contribution in [1.82, 2.24) is 0 Å². The number of ether oxygens (including phenoxy) is 1. The smallest absolute Gasteiger partial charge is 0.263 e. The first-order chi connectivity index (χ1) is 9.44. The Morgan fingerprint density at radius 2 is 1.90 bits per heavy atom. The van der Waals surface area contributed by atoms with E-state index in [1.165, 1.54) is 19.2 Å². The molecule has 2 aromatic rings. The predicted molar refractivity (Wildman–Crippen MR) is 82.4 cm³/mol. The van der Waals surface area contributed by atoms with Crippen molar-refractivity contribution < 1.29 is 13.2 Å². The Hall–Kier alpha value is -1.73. The van der Waals surface area contributed by atoms with Crippen LogP contribution in [0.25, 0.3) is 0 Å². The summed E-state index contributed by atoms with van der Waals surface area (Å²) in [6, 6.07) is 11.4. The molecule has 0 aliphatic carbocycles. The second-order valence-corrected chi connectivity index (χ2v) is 6.49. The first-order valence-corrected chi connectivity index (χ1v) is 7.92. The van der Waals surface area contributed by atoms with Crippen LogP contribution < -0.4 is 15.2 Å². The normalized spacial score (nSPS) is 11.1. The minimum Gasteiger partial charge on any atom is -0.497 e. The number of sulfonamides is 1. The molecule has 0 radical (unpaired) electrons. The Bertz CT molecular complexity index is 732. The van der Waals surface area contributed by atoms with Gasteiger partial charge in [0.05, 0.1) is 18.5 Å². The number of benzene rings is 2. The molecule has 0 saturated heterocycles. The molecule has 0 unspecified atom stereocenters. The minimum absolute atomic E-state index is 0.00838. The maximum absolute atomic E-state index is 12.3. The van der Waals surface area contributed by atoms with Gasteiger partial charge in [-0.05, 0) is 40.2 Å². The lowest BCUT2D eigenvalue weighted by Gasteiger charge is -2.12. The third-order valence-corrected chi connectivity index (χ3v) is 4.76. The van der Waals surface area contributed by atoms with Crippen molar-refractivity contribution in [3.05, 3.63) is 46.9 Å². The maximum atomic E-state index is 12.3. The molecule has 20 heavy (non-hydrogen) atoms. The standard InChI is InChI=1S/C13H13BrN2O3S/c1-19-9-6-7-13(11(15)8-9)20(17,18)16-12-5-3-2-4-10(12)14/h2-8,16H,15H2,1H3. The lowest BCUT2D eigenvalue weighted by atomic mass is 10.3. The van der Waals surface area contributed by atoms with Gasteiger partial charge in [-0.3, -0.25) is 4.72 Å². The van der Waals surface area contributed by atoms with Gasteiger partial charge in [0.15, 0.2) is 0 Å². The summed E-state index contributed by atoms with van der Waals surface area (Å²) in [7, 11) is -2.26. The zero-order chi connectivity index (χ0) is 14.8. The number of hydrogen-bond acceptors (Lipinski definition) is 4. The van der Waals surface area contributed by atoms with Crippen molar-refractivity contribution in [2.24, 2.45) is 0 Å². The summed E-state index contributed by atoms with van der Waals surface area (Å²) < 4.78 is 32.8. The van der Waals surface area contributed by atoms with E-state index in [4.69, 9.17) is 10.5 Å². The Morgan fingerprint density at radius 3 is 2.50 bits per heavy atom. The van der Waals surface area contributed by atoms with Gasteiger partial charge in [-0.25, -0.2) is 8.42 Å². The van der Waals surface area contributed by atoms with Crippen LogP contribution in [0, 0.1) is 0 Å². The largest absolute Gasteiger partial charge is 0.497 e. The van der Waals surface area contributed by atoms with Gasteiger partial charge in [-0.1, -0.05) is 12.1 Å². The Kier molecular flexibility index (Phi) is 4.20. The zero-order valence-corrected chi connectivity index (χ0v) is 13.0. The topological polar surface area (TPSA) is 81.4 Å². The summed E-state index contributed by atoms with van der Waals surface area (Å²) in [6.45, 7) is 0. The Morgan fingerprint density at radius 1 is 1.20 bits per heavy atom. The van der Waals surface area contributed by atoms with E-state index < -0.39 is 10.0 Å².